The minimum absolute atomic E-state index is 0.0357. The van der Waals surface area contributed by atoms with Gasteiger partial charge in [0, 0.05) is 6.42 Å². The molecule has 1 rings (SSSR count). The Labute approximate surface area is 78.5 Å². The summed E-state index contributed by atoms with van der Waals surface area (Å²) in [6, 6.07) is 0. The lowest BCUT2D eigenvalue weighted by atomic mass is 9.88. The smallest absolute Gasteiger partial charge is 0.319 e. The lowest BCUT2D eigenvalue weighted by Crippen LogP contribution is -2.33. The molecule has 0 aromatic carbocycles. The van der Waals surface area contributed by atoms with Crippen LogP contribution in [0, 0.1) is 5.41 Å². The van der Waals surface area contributed by atoms with E-state index in [9.17, 15) is 9.59 Å². The van der Waals surface area contributed by atoms with Crippen molar-refractivity contribution in [2.24, 2.45) is 5.41 Å². The van der Waals surface area contributed by atoms with Crippen molar-refractivity contribution in [3.63, 3.8) is 0 Å². The second kappa shape index (κ2) is 3.90. The van der Waals surface area contributed by atoms with Crippen LogP contribution < -0.4 is 0 Å². The fourth-order valence-electron chi connectivity index (χ4n) is 1.59. The lowest BCUT2D eigenvalue weighted by molar-refractivity contribution is -0.158. The van der Waals surface area contributed by atoms with Crippen LogP contribution in [0.3, 0.4) is 0 Å². The van der Waals surface area contributed by atoms with E-state index in [2.05, 4.69) is 0 Å². The monoisotopic (exact) mass is 184 g/mol. The van der Waals surface area contributed by atoms with Crippen molar-refractivity contribution in [2.45, 2.75) is 39.5 Å². The molecule has 74 valence electrons. The normalized spacial score (nSPS) is 27.7. The minimum atomic E-state index is -0.838. The first-order valence-corrected chi connectivity index (χ1v) is 4.82. The zero-order valence-electron chi connectivity index (χ0n) is 8.26. The predicted molar refractivity (Wildman–Crippen MR) is 48.2 cm³/mol. The van der Waals surface area contributed by atoms with Crippen molar-refractivity contribution < 1.29 is 14.3 Å². The van der Waals surface area contributed by atoms with Gasteiger partial charge in [0.25, 0.3) is 0 Å². The average molecular weight is 184 g/mol. The molecular weight excluding hydrogens is 168 g/mol. The van der Waals surface area contributed by atoms with Crippen LogP contribution in [0.4, 0.5) is 0 Å². The Kier molecular flexibility index (Phi) is 3.07. The van der Waals surface area contributed by atoms with Crippen molar-refractivity contribution in [1.29, 1.82) is 0 Å². The van der Waals surface area contributed by atoms with Crippen molar-refractivity contribution >= 4 is 11.8 Å². The largest absolute Gasteiger partial charge is 0.465 e. The van der Waals surface area contributed by atoms with Crippen molar-refractivity contribution in [1.82, 2.24) is 0 Å². The number of Topliss-reactive ketones (excluding diaryl/α,β-unsaturated/α-hetero) is 1. The number of ether oxygens (including phenoxy) is 1. The van der Waals surface area contributed by atoms with Gasteiger partial charge in [-0.05, 0) is 26.2 Å². The van der Waals surface area contributed by atoms with Crippen LogP contribution in [0.2, 0.25) is 0 Å². The quantitative estimate of drug-likeness (QED) is 0.495. The Morgan fingerprint density at radius 2 is 2.31 bits per heavy atom. The molecule has 0 bridgehead atoms. The molecule has 0 heterocycles. The van der Waals surface area contributed by atoms with Gasteiger partial charge in [-0.25, -0.2) is 0 Å². The Morgan fingerprint density at radius 3 is 2.77 bits per heavy atom. The van der Waals surface area contributed by atoms with Crippen LogP contribution in [0.25, 0.3) is 0 Å². The highest BCUT2D eigenvalue weighted by Crippen LogP contribution is 2.35. The maximum absolute atomic E-state index is 11.5. The molecule has 1 saturated carbocycles. The maximum atomic E-state index is 11.5. The van der Waals surface area contributed by atoms with Gasteiger partial charge in [-0.2, -0.15) is 0 Å². The predicted octanol–water partition coefficient (Wildman–Crippen LogP) is 1.70. The van der Waals surface area contributed by atoms with Crippen LogP contribution in [0.5, 0.6) is 0 Å². The number of hydrogen-bond donors (Lipinski definition) is 0. The molecule has 0 aliphatic heterocycles. The van der Waals surface area contributed by atoms with E-state index in [4.69, 9.17) is 4.74 Å². The van der Waals surface area contributed by atoms with Gasteiger partial charge in [0.15, 0.2) is 0 Å². The van der Waals surface area contributed by atoms with Gasteiger partial charge in [-0.1, -0.05) is 6.92 Å². The van der Waals surface area contributed by atoms with Crippen LogP contribution in [-0.2, 0) is 14.3 Å². The standard InChI is InChI=1S/C10H16O3/c1-3-7-13-9(12)10(2)6-4-5-8(10)11/h3-7H2,1-2H3. The Balaban J connectivity index is 2.58. The van der Waals surface area contributed by atoms with Gasteiger partial charge < -0.3 is 4.74 Å². The molecule has 1 atom stereocenters. The number of esters is 1. The first-order valence-electron chi connectivity index (χ1n) is 4.82. The van der Waals surface area contributed by atoms with E-state index in [1.807, 2.05) is 6.92 Å². The Morgan fingerprint density at radius 1 is 1.62 bits per heavy atom. The summed E-state index contributed by atoms with van der Waals surface area (Å²) in [7, 11) is 0. The third-order valence-electron chi connectivity index (χ3n) is 2.58. The average Bonchev–Trinajstić information content (AvgIpc) is 2.44. The van der Waals surface area contributed by atoms with Crippen molar-refractivity contribution in [2.75, 3.05) is 6.61 Å². The van der Waals surface area contributed by atoms with Gasteiger partial charge in [-0.3, -0.25) is 9.59 Å². The Bertz CT molecular complexity index is 222. The summed E-state index contributed by atoms with van der Waals surface area (Å²) in [6.45, 7) is 4.05. The highest BCUT2D eigenvalue weighted by atomic mass is 16.5. The molecule has 0 aromatic rings. The molecule has 13 heavy (non-hydrogen) atoms. The molecule has 1 aliphatic carbocycles. The van der Waals surface area contributed by atoms with E-state index in [0.29, 0.717) is 19.4 Å². The zero-order valence-corrected chi connectivity index (χ0v) is 8.26. The van der Waals surface area contributed by atoms with Crippen molar-refractivity contribution in [3.8, 4) is 0 Å². The first kappa shape index (κ1) is 10.2. The van der Waals surface area contributed by atoms with Crippen LogP contribution in [0.15, 0.2) is 0 Å². The summed E-state index contributed by atoms with van der Waals surface area (Å²) in [4.78, 5) is 22.9. The highest BCUT2D eigenvalue weighted by Gasteiger charge is 2.45. The molecule has 1 fully saturated rings. The minimum Gasteiger partial charge on any atom is -0.465 e. The van der Waals surface area contributed by atoms with Crippen molar-refractivity contribution in [3.05, 3.63) is 0 Å². The zero-order chi connectivity index (χ0) is 9.90. The van der Waals surface area contributed by atoms with Crippen LogP contribution >= 0.6 is 0 Å². The van der Waals surface area contributed by atoms with E-state index in [0.717, 1.165) is 12.8 Å². The molecule has 3 nitrogen and oxygen atoms in total. The van der Waals surface area contributed by atoms with Crippen LogP contribution in [0.1, 0.15) is 39.5 Å². The fourth-order valence-corrected chi connectivity index (χ4v) is 1.59. The van der Waals surface area contributed by atoms with E-state index < -0.39 is 5.41 Å². The summed E-state index contributed by atoms with van der Waals surface area (Å²) in [6.07, 6.45) is 2.79. The number of hydrogen-bond acceptors (Lipinski definition) is 3. The fraction of sp³-hybridized carbons (Fsp3) is 0.800. The molecule has 0 radical (unpaired) electrons. The molecule has 0 N–H and O–H groups in total. The van der Waals surface area contributed by atoms with E-state index in [1.165, 1.54) is 0 Å². The molecular formula is C10H16O3. The molecule has 0 saturated heterocycles. The number of carbonyl (C=O) groups is 2. The summed E-state index contributed by atoms with van der Waals surface area (Å²) in [5, 5.41) is 0. The van der Waals surface area contributed by atoms with Gasteiger partial charge in [0.1, 0.15) is 11.2 Å². The third-order valence-corrected chi connectivity index (χ3v) is 2.58. The summed E-state index contributed by atoms with van der Waals surface area (Å²) >= 11 is 0. The van der Waals surface area contributed by atoms with E-state index in [1.54, 1.807) is 6.92 Å². The van der Waals surface area contributed by atoms with E-state index in [-0.39, 0.29) is 11.8 Å². The van der Waals surface area contributed by atoms with E-state index >= 15 is 0 Å². The Hall–Kier alpha value is -0.860. The molecule has 3 heteroatoms. The molecule has 0 aromatic heterocycles. The third kappa shape index (κ3) is 1.90. The second-order valence-corrected chi connectivity index (χ2v) is 3.74. The number of ketones is 1. The lowest BCUT2D eigenvalue weighted by Gasteiger charge is -2.19. The summed E-state index contributed by atoms with van der Waals surface area (Å²) in [5.41, 5.74) is -0.838. The number of rotatable bonds is 3. The highest BCUT2D eigenvalue weighted by molar-refractivity contribution is 6.04. The summed E-state index contributed by atoms with van der Waals surface area (Å²) in [5.74, 6) is -0.301. The topological polar surface area (TPSA) is 43.4 Å². The van der Waals surface area contributed by atoms with Gasteiger partial charge in [0.2, 0.25) is 0 Å². The molecule has 0 spiro atoms. The van der Waals surface area contributed by atoms with Gasteiger partial charge >= 0.3 is 5.97 Å². The molecule has 0 amide bonds. The maximum Gasteiger partial charge on any atom is 0.319 e. The van der Waals surface area contributed by atoms with Gasteiger partial charge in [0.05, 0.1) is 6.61 Å². The van der Waals surface area contributed by atoms with Gasteiger partial charge in [-0.15, -0.1) is 0 Å². The first-order chi connectivity index (χ1) is 6.11. The van der Waals surface area contributed by atoms with Crippen LogP contribution in [-0.4, -0.2) is 18.4 Å². The SMILES string of the molecule is CCCOC(=O)C1(C)CCCC1=O. The second-order valence-electron chi connectivity index (χ2n) is 3.74. The summed E-state index contributed by atoms with van der Waals surface area (Å²) < 4.78 is 4.99. The molecule has 1 unspecified atom stereocenters. The molecule has 1 aliphatic rings. The number of carbonyl (C=O) groups excluding carboxylic acids is 2.